The van der Waals surface area contributed by atoms with Gasteiger partial charge in [0.2, 0.25) is 5.91 Å². The van der Waals surface area contributed by atoms with E-state index < -0.39 is 21.8 Å². The number of benzene rings is 2. The Morgan fingerprint density at radius 3 is 2.08 bits per heavy atom. The van der Waals surface area contributed by atoms with Gasteiger partial charge in [0.25, 0.3) is 10.1 Å². The normalized spacial score (nSPS) is 11.1. The van der Waals surface area contributed by atoms with E-state index in [1.807, 2.05) is 42.5 Å². The zero-order chi connectivity index (χ0) is 18.3. The number of Topliss-reactive ketones (excluding diaryl/α,β-unsaturated/α-hetero) is 1. The molecule has 2 N–H and O–H groups in total. The minimum absolute atomic E-state index is 0.0302. The van der Waals surface area contributed by atoms with Crippen molar-refractivity contribution in [2.45, 2.75) is 12.8 Å². The molecule has 0 aromatic heterocycles. The molecule has 0 unspecified atom stereocenters. The highest BCUT2D eigenvalue weighted by atomic mass is 32.2. The monoisotopic (exact) mass is 361 g/mol. The lowest BCUT2D eigenvalue weighted by atomic mass is 10.0. The summed E-state index contributed by atoms with van der Waals surface area (Å²) in [5, 5.41) is 2.35. The Morgan fingerprint density at radius 2 is 1.48 bits per heavy atom. The molecule has 0 fully saturated rings. The Hall–Kier alpha value is -2.51. The Balaban J connectivity index is 1.84. The van der Waals surface area contributed by atoms with Gasteiger partial charge in [-0.05, 0) is 11.1 Å². The van der Waals surface area contributed by atoms with Gasteiger partial charge in [-0.2, -0.15) is 8.42 Å². The molecule has 2 aromatic carbocycles. The minimum atomic E-state index is -4.10. The molecule has 0 aliphatic carbocycles. The first-order valence-corrected chi connectivity index (χ1v) is 9.36. The van der Waals surface area contributed by atoms with Crippen LogP contribution < -0.4 is 5.32 Å². The second kappa shape index (κ2) is 8.55. The maximum absolute atomic E-state index is 12.1. The standard InChI is InChI=1S/C18H19NO5S/c20-17(10-11-18(21)19-12-13-25(22,23)24)16-8-6-15(7-9-16)14-4-2-1-3-5-14/h1-9H,10-13H2,(H,19,21)(H,22,23,24). The molecule has 0 saturated carbocycles. The van der Waals surface area contributed by atoms with Crippen LogP contribution in [0.4, 0.5) is 0 Å². The predicted molar refractivity (Wildman–Crippen MR) is 94.9 cm³/mol. The maximum atomic E-state index is 12.1. The molecule has 2 rings (SSSR count). The summed E-state index contributed by atoms with van der Waals surface area (Å²) in [7, 11) is -4.10. The molecule has 0 atom stereocenters. The van der Waals surface area contributed by atoms with Crippen LogP contribution in [0, 0.1) is 0 Å². The first kappa shape index (κ1) is 18.8. The van der Waals surface area contributed by atoms with Crippen LogP contribution in [-0.4, -0.2) is 37.0 Å². The largest absolute Gasteiger partial charge is 0.355 e. The van der Waals surface area contributed by atoms with Gasteiger partial charge in [-0.3, -0.25) is 14.1 Å². The molecule has 2 aromatic rings. The molecular weight excluding hydrogens is 342 g/mol. The summed E-state index contributed by atoms with van der Waals surface area (Å²) in [6.07, 6.45) is -0.00681. The Labute approximate surface area is 146 Å². The number of amides is 1. The summed E-state index contributed by atoms with van der Waals surface area (Å²) < 4.78 is 29.7. The van der Waals surface area contributed by atoms with E-state index in [4.69, 9.17) is 4.55 Å². The molecule has 132 valence electrons. The van der Waals surface area contributed by atoms with Gasteiger partial charge in [-0.25, -0.2) is 0 Å². The lowest BCUT2D eigenvalue weighted by molar-refractivity contribution is -0.120. The van der Waals surface area contributed by atoms with Gasteiger partial charge in [0.05, 0.1) is 5.75 Å². The fourth-order valence-corrected chi connectivity index (χ4v) is 2.62. The van der Waals surface area contributed by atoms with E-state index in [2.05, 4.69) is 5.32 Å². The topological polar surface area (TPSA) is 101 Å². The molecule has 0 bridgehead atoms. The third-order valence-corrected chi connectivity index (χ3v) is 4.30. The van der Waals surface area contributed by atoms with Crippen LogP contribution >= 0.6 is 0 Å². The Bertz CT molecular complexity index is 830. The predicted octanol–water partition coefficient (Wildman–Crippen LogP) is 2.32. The van der Waals surface area contributed by atoms with Gasteiger partial charge in [0.15, 0.2) is 5.78 Å². The third kappa shape index (κ3) is 6.48. The van der Waals surface area contributed by atoms with Gasteiger partial charge in [0.1, 0.15) is 0 Å². The van der Waals surface area contributed by atoms with Gasteiger partial charge in [-0.1, -0.05) is 54.6 Å². The van der Waals surface area contributed by atoms with Crippen molar-refractivity contribution in [1.29, 1.82) is 0 Å². The fraction of sp³-hybridized carbons (Fsp3) is 0.222. The number of carbonyl (C=O) groups is 2. The lowest BCUT2D eigenvalue weighted by Gasteiger charge is -2.05. The highest BCUT2D eigenvalue weighted by Gasteiger charge is 2.11. The average molecular weight is 361 g/mol. The molecule has 0 saturated heterocycles. The van der Waals surface area contributed by atoms with E-state index in [-0.39, 0.29) is 25.2 Å². The number of rotatable bonds is 8. The zero-order valence-corrected chi connectivity index (χ0v) is 14.3. The van der Waals surface area contributed by atoms with Gasteiger partial charge >= 0.3 is 0 Å². The molecule has 0 aliphatic heterocycles. The Morgan fingerprint density at radius 1 is 0.880 bits per heavy atom. The minimum Gasteiger partial charge on any atom is -0.355 e. The number of carbonyl (C=O) groups excluding carboxylic acids is 2. The van der Waals surface area contributed by atoms with E-state index in [9.17, 15) is 18.0 Å². The Kier molecular flexibility index (Phi) is 6.44. The first-order chi connectivity index (χ1) is 11.8. The quantitative estimate of drug-likeness (QED) is 0.555. The summed E-state index contributed by atoms with van der Waals surface area (Å²) in [5.74, 6) is -1.14. The number of ketones is 1. The molecule has 7 heteroatoms. The molecule has 6 nitrogen and oxygen atoms in total. The van der Waals surface area contributed by atoms with Crippen molar-refractivity contribution in [3.05, 3.63) is 60.2 Å². The van der Waals surface area contributed by atoms with Crippen molar-refractivity contribution in [2.75, 3.05) is 12.3 Å². The second-order valence-electron chi connectivity index (χ2n) is 5.50. The maximum Gasteiger partial charge on any atom is 0.266 e. The van der Waals surface area contributed by atoms with Gasteiger partial charge in [-0.15, -0.1) is 0 Å². The van der Waals surface area contributed by atoms with Crippen LogP contribution in [0.25, 0.3) is 11.1 Å². The van der Waals surface area contributed by atoms with Gasteiger partial charge < -0.3 is 5.32 Å². The van der Waals surface area contributed by atoms with Crippen LogP contribution in [0.1, 0.15) is 23.2 Å². The van der Waals surface area contributed by atoms with Crippen molar-refractivity contribution in [3.8, 4) is 11.1 Å². The van der Waals surface area contributed by atoms with Crippen LogP contribution in [0.3, 0.4) is 0 Å². The van der Waals surface area contributed by atoms with Crippen molar-refractivity contribution in [3.63, 3.8) is 0 Å². The van der Waals surface area contributed by atoms with Crippen LogP contribution in [-0.2, 0) is 14.9 Å². The third-order valence-electron chi connectivity index (χ3n) is 3.58. The number of nitrogens with one attached hydrogen (secondary N) is 1. The van der Waals surface area contributed by atoms with Crippen molar-refractivity contribution in [2.24, 2.45) is 0 Å². The summed E-state index contributed by atoms with van der Waals surface area (Å²) in [6.45, 7) is -0.183. The van der Waals surface area contributed by atoms with Crippen LogP contribution in [0.15, 0.2) is 54.6 Å². The molecule has 0 aliphatic rings. The average Bonchev–Trinajstić information content (AvgIpc) is 2.59. The molecular formula is C18H19NO5S. The highest BCUT2D eigenvalue weighted by molar-refractivity contribution is 7.85. The fourth-order valence-electron chi connectivity index (χ4n) is 2.26. The van der Waals surface area contributed by atoms with E-state index in [1.165, 1.54) is 0 Å². The summed E-state index contributed by atoms with van der Waals surface area (Å²) in [6, 6.07) is 16.9. The van der Waals surface area contributed by atoms with E-state index in [0.29, 0.717) is 5.56 Å². The summed E-state index contributed by atoms with van der Waals surface area (Å²) >= 11 is 0. The van der Waals surface area contributed by atoms with Crippen molar-refractivity contribution in [1.82, 2.24) is 5.32 Å². The molecule has 1 amide bonds. The van der Waals surface area contributed by atoms with Crippen molar-refractivity contribution >= 4 is 21.8 Å². The molecule has 25 heavy (non-hydrogen) atoms. The highest BCUT2D eigenvalue weighted by Crippen LogP contribution is 2.19. The number of hydrogen-bond acceptors (Lipinski definition) is 4. The molecule has 0 heterocycles. The summed E-state index contributed by atoms with van der Waals surface area (Å²) in [4.78, 5) is 23.7. The lowest BCUT2D eigenvalue weighted by Crippen LogP contribution is -2.29. The zero-order valence-electron chi connectivity index (χ0n) is 13.5. The van der Waals surface area contributed by atoms with E-state index in [1.54, 1.807) is 12.1 Å². The number of hydrogen-bond donors (Lipinski definition) is 2. The van der Waals surface area contributed by atoms with E-state index in [0.717, 1.165) is 11.1 Å². The summed E-state index contributed by atoms with van der Waals surface area (Å²) in [5.41, 5.74) is 2.57. The van der Waals surface area contributed by atoms with Crippen LogP contribution in [0.2, 0.25) is 0 Å². The van der Waals surface area contributed by atoms with Crippen LogP contribution in [0.5, 0.6) is 0 Å². The molecule has 0 spiro atoms. The first-order valence-electron chi connectivity index (χ1n) is 7.76. The second-order valence-corrected chi connectivity index (χ2v) is 7.07. The van der Waals surface area contributed by atoms with Crippen molar-refractivity contribution < 1.29 is 22.6 Å². The SMILES string of the molecule is O=C(CCC(=O)c1ccc(-c2ccccc2)cc1)NCCS(=O)(=O)O. The smallest absolute Gasteiger partial charge is 0.266 e. The van der Waals surface area contributed by atoms with Gasteiger partial charge in [0, 0.05) is 24.9 Å². The van der Waals surface area contributed by atoms with E-state index >= 15 is 0 Å². The molecule has 0 radical (unpaired) electrons.